The fourth-order valence-electron chi connectivity index (χ4n) is 1.86. The molecule has 0 aliphatic carbocycles. The van der Waals surface area contributed by atoms with Crippen molar-refractivity contribution in [2.24, 2.45) is 0 Å². The van der Waals surface area contributed by atoms with Crippen molar-refractivity contribution in [2.75, 3.05) is 18.4 Å². The monoisotopic (exact) mass is 248 g/mol. The molecule has 3 N–H and O–H groups in total. The number of hydrogen-bond donors (Lipinski definition) is 3. The molecule has 18 heavy (non-hydrogen) atoms. The van der Waals surface area contributed by atoms with Crippen LogP contribution in [0, 0.1) is 0 Å². The van der Waals surface area contributed by atoms with Crippen LogP contribution in [0.4, 0.5) is 5.69 Å². The zero-order valence-corrected chi connectivity index (χ0v) is 10.2. The van der Waals surface area contributed by atoms with E-state index in [1.165, 1.54) is 6.92 Å². The molecule has 1 amide bonds. The minimum atomic E-state index is -0.928. The number of Topliss-reactive ketones (excluding diaryl/α,β-unsaturated/α-hetero) is 1. The van der Waals surface area contributed by atoms with E-state index in [0.717, 1.165) is 0 Å². The molecule has 1 saturated heterocycles. The Hall–Kier alpha value is -1.72. The van der Waals surface area contributed by atoms with Gasteiger partial charge in [0.15, 0.2) is 5.78 Å². The van der Waals surface area contributed by atoms with Crippen molar-refractivity contribution in [2.45, 2.75) is 18.9 Å². The van der Waals surface area contributed by atoms with Crippen LogP contribution in [0.15, 0.2) is 24.3 Å². The van der Waals surface area contributed by atoms with Crippen LogP contribution in [0.5, 0.6) is 0 Å². The Balaban J connectivity index is 1.98. The maximum Gasteiger partial charge on any atom is 0.227 e. The van der Waals surface area contributed by atoms with Gasteiger partial charge in [0, 0.05) is 24.3 Å². The van der Waals surface area contributed by atoms with Crippen LogP contribution >= 0.6 is 0 Å². The Kier molecular flexibility index (Phi) is 3.45. The van der Waals surface area contributed by atoms with E-state index < -0.39 is 5.60 Å². The number of nitrogens with one attached hydrogen (secondary N) is 2. The molecule has 0 aromatic heterocycles. The molecular weight excluding hydrogens is 232 g/mol. The van der Waals surface area contributed by atoms with Gasteiger partial charge < -0.3 is 15.7 Å². The average molecular weight is 248 g/mol. The van der Waals surface area contributed by atoms with E-state index in [4.69, 9.17) is 0 Å². The summed E-state index contributed by atoms with van der Waals surface area (Å²) in [6.07, 6.45) is 0.0598. The molecule has 5 nitrogen and oxygen atoms in total. The highest BCUT2D eigenvalue weighted by atomic mass is 16.3. The molecule has 1 aliphatic heterocycles. The summed E-state index contributed by atoms with van der Waals surface area (Å²) in [6, 6.07) is 6.75. The quantitative estimate of drug-likeness (QED) is 0.680. The number of ketones is 1. The summed E-state index contributed by atoms with van der Waals surface area (Å²) in [5.74, 6) is -0.298. The van der Waals surface area contributed by atoms with Crippen LogP contribution in [0.2, 0.25) is 0 Å². The lowest BCUT2D eigenvalue weighted by Gasteiger charge is -2.36. The van der Waals surface area contributed by atoms with Gasteiger partial charge in [-0.15, -0.1) is 0 Å². The first-order valence-electron chi connectivity index (χ1n) is 5.82. The van der Waals surface area contributed by atoms with Crippen LogP contribution in [-0.4, -0.2) is 35.5 Å². The minimum absolute atomic E-state index is 0.0482. The second-order valence-corrected chi connectivity index (χ2v) is 4.69. The third-order valence-corrected chi connectivity index (χ3v) is 2.95. The van der Waals surface area contributed by atoms with E-state index in [1.54, 1.807) is 24.3 Å². The predicted octanol–water partition coefficient (Wildman–Crippen LogP) is 0.552. The van der Waals surface area contributed by atoms with Crippen molar-refractivity contribution in [1.82, 2.24) is 5.32 Å². The van der Waals surface area contributed by atoms with E-state index in [1.807, 2.05) is 0 Å². The zero-order valence-electron chi connectivity index (χ0n) is 10.2. The van der Waals surface area contributed by atoms with Crippen LogP contribution in [0.25, 0.3) is 0 Å². The number of β-amino-alcohol motifs (C(OH)–C–C–N with tert-alkyl or cyclic N) is 1. The first-order valence-corrected chi connectivity index (χ1v) is 5.82. The van der Waals surface area contributed by atoms with Crippen LogP contribution in [0.3, 0.4) is 0 Å². The Morgan fingerprint density at radius 1 is 1.44 bits per heavy atom. The van der Waals surface area contributed by atoms with Gasteiger partial charge in [-0.05, 0) is 19.1 Å². The van der Waals surface area contributed by atoms with Gasteiger partial charge in [-0.3, -0.25) is 9.59 Å². The highest BCUT2D eigenvalue weighted by Crippen LogP contribution is 2.17. The molecular formula is C13H16N2O3. The topological polar surface area (TPSA) is 78.4 Å². The van der Waals surface area contributed by atoms with E-state index in [9.17, 15) is 14.7 Å². The van der Waals surface area contributed by atoms with Crippen molar-refractivity contribution in [3.8, 4) is 0 Å². The molecule has 2 rings (SSSR count). The first-order chi connectivity index (χ1) is 8.48. The van der Waals surface area contributed by atoms with Gasteiger partial charge in [0.2, 0.25) is 5.91 Å². The van der Waals surface area contributed by atoms with Gasteiger partial charge in [0.25, 0.3) is 0 Å². The third-order valence-electron chi connectivity index (χ3n) is 2.95. The fraction of sp³-hybridized carbons (Fsp3) is 0.385. The lowest BCUT2D eigenvalue weighted by molar-refractivity contribution is -0.123. The Labute approximate surface area is 105 Å². The number of anilines is 1. The Bertz CT molecular complexity index is 481. The van der Waals surface area contributed by atoms with Crippen molar-refractivity contribution < 1.29 is 14.7 Å². The molecule has 1 fully saturated rings. The second-order valence-electron chi connectivity index (χ2n) is 4.69. The van der Waals surface area contributed by atoms with E-state index in [-0.39, 0.29) is 18.1 Å². The maximum atomic E-state index is 11.7. The molecule has 1 heterocycles. The largest absolute Gasteiger partial charge is 0.387 e. The van der Waals surface area contributed by atoms with Gasteiger partial charge in [-0.2, -0.15) is 0 Å². The summed E-state index contributed by atoms with van der Waals surface area (Å²) in [5, 5.41) is 15.4. The maximum absolute atomic E-state index is 11.7. The molecule has 0 atom stereocenters. The number of hydrogen-bond acceptors (Lipinski definition) is 4. The van der Waals surface area contributed by atoms with Crippen LogP contribution < -0.4 is 10.6 Å². The van der Waals surface area contributed by atoms with Crippen LogP contribution in [-0.2, 0) is 4.79 Å². The normalized spacial score (nSPS) is 16.8. The molecule has 1 aliphatic rings. The summed E-state index contributed by atoms with van der Waals surface area (Å²) in [6.45, 7) is 2.35. The average Bonchev–Trinajstić information content (AvgIpc) is 2.27. The summed E-state index contributed by atoms with van der Waals surface area (Å²) in [5.41, 5.74) is 0.197. The summed E-state index contributed by atoms with van der Waals surface area (Å²) >= 11 is 0. The van der Waals surface area contributed by atoms with E-state index in [0.29, 0.717) is 24.3 Å². The number of carbonyl (C=O) groups excluding carboxylic acids is 2. The highest BCUT2D eigenvalue weighted by Gasteiger charge is 2.36. The van der Waals surface area contributed by atoms with E-state index in [2.05, 4.69) is 10.6 Å². The number of amides is 1. The van der Waals surface area contributed by atoms with Gasteiger partial charge >= 0.3 is 0 Å². The molecule has 1 aromatic rings. The van der Waals surface area contributed by atoms with Gasteiger partial charge in [-0.1, -0.05) is 12.1 Å². The molecule has 5 heteroatoms. The van der Waals surface area contributed by atoms with Crippen LogP contribution in [0.1, 0.15) is 23.7 Å². The molecule has 96 valence electrons. The lowest BCUT2D eigenvalue weighted by Crippen LogP contribution is -2.60. The first kappa shape index (κ1) is 12.7. The van der Waals surface area contributed by atoms with Crippen molar-refractivity contribution in [1.29, 1.82) is 0 Å². The van der Waals surface area contributed by atoms with Gasteiger partial charge in [0.1, 0.15) is 0 Å². The standard InChI is InChI=1S/C13H16N2O3/c1-9(16)10-3-2-4-11(5-10)15-12(17)6-13(18)7-14-8-13/h2-5,14,18H,6-8H2,1H3,(H,15,17). The number of aliphatic hydroxyl groups is 1. The zero-order chi connectivity index (χ0) is 13.2. The van der Waals surface area contributed by atoms with Crippen molar-refractivity contribution >= 4 is 17.4 Å². The summed E-state index contributed by atoms with van der Waals surface area (Å²) in [7, 11) is 0. The fourth-order valence-corrected chi connectivity index (χ4v) is 1.86. The third kappa shape index (κ3) is 2.94. The highest BCUT2D eigenvalue weighted by molar-refractivity contribution is 5.97. The molecule has 0 saturated carbocycles. The molecule has 0 spiro atoms. The molecule has 0 unspecified atom stereocenters. The number of benzene rings is 1. The second kappa shape index (κ2) is 4.88. The van der Waals surface area contributed by atoms with Crippen molar-refractivity contribution in [3.63, 3.8) is 0 Å². The van der Waals surface area contributed by atoms with E-state index >= 15 is 0 Å². The molecule has 0 radical (unpaired) electrons. The smallest absolute Gasteiger partial charge is 0.227 e. The Morgan fingerprint density at radius 2 is 2.17 bits per heavy atom. The summed E-state index contributed by atoms with van der Waals surface area (Å²) in [4.78, 5) is 22.9. The van der Waals surface area contributed by atoms with Gasteiger partial charge in [0.05, 0.1) is 12.0 Å². The molecule has 1 aromatic carbocycles. The minimum Gasteiger partial charge on any atom is -0.387 e. The molecule has 0 bridgehead atoms. The number of rotatable bonds is 4. The SMILES string of the molecule is CC(=O)c1cccc(NC(=O)CC2(O)CNC2)c1. The van der Waals surface area contributed by atoms with Crippen molar-refractivity contribution in [3.05, 3.63) is 29.8 Å². The lowest BCUT2D eigenvalue weighted by atomic mass is 9.93. The Morgan fingerprint density at radius 3 is 2.72 bits per heavy atom. The predicted molar refractivity (Wildman–Crippen MR) is 67.5 cm³/mol. The van der Waals surface area contributed by atoms with Gasteiger partial charge in [-0.25, -0.2) is 0 Å². The summed E-state index contributed by atoms with van der Waals surface area (Å²) < 4.78 is 0. The number of carbonyl (C=O) groups is 2.